The van der Waals surface area contributed by atoms with Gasteiger partial charge in [0.25, 0.3) is 0 Å². The van der Waals surface area contributed by atoms with Crippen molar-refractivity contribution < 1.29 is 23.9 Å². The Morgan fingerprint density at radius 1 is 1.08 bits per heavy atom. The molecule has 0 aliphatic heterocycles. The fourth-order valence-corrected chi connectivity index (χ4v) is 3.01. The second-order valence-electron chi connectivity index (χ2n) is 6.57. The van der Waals surface area contributed by atoms with Gasteiger partial charge in [0.1, 0.15) is 5.25 Å². The van der Waals surface area contributed by atoms with Gasteiger partial charge in [-0.15, -0.1) is 11.8 Å². The number of thioether (sulfide) groups is 1. The Morgan fingerprint density at radius 3 is 2.27 bits per heavy atom. The predicted octanol–water partition coefficient (Wildman–Crippen LogP) is 3.65. The van der Waals surface area contributed by atoms with E-state index in [2.05, 4.69) is 5.32 Å². The molecule has 1 aromatic rings. The van der Waals surface area contributed by atoms with Gasteiger partial charge in [-0.25, -0.2) is 0 Å². The van der Waals surface area contributed by atoms with E-state index >= 15 is 0 Å². The third kappa shape index (κ3) is 7.07. The molecule has 0 heterocycles. The number of hydrogen-bond donors (Lipinski definition) is 1. The second kappa shape index (κ2) is 10.2. The molecule has 0 bridgehead atoms. The summed E-state index contributed by atoms with van der Waals surface area (Å²) < 4.78 is 10.0. The minimum atomic E-state index is -0.748. The third-order valence-electron chi connectivity index (χ3n) is 3.29. The van der Waals surface area contributed by atoms with Crippen LogP contribution in [0, 0.1) is 5.41 Å². The highest BCUT2D eigenvalue weighted by Gasteiger charge is 2.27. The molecule has 0 aromatic heterocycles. The average Bonchev–Trinajstić information content (AvgIpc) is 2.55. The molecule has 26 heavy (non-hydrogen) atoms. The van der Waals surface area contributed by atoms with Crippen molar-refractivity contribution in [3.63, 3.8) is 0 Å². The molecule has 0 saturated carbocycles. The van der Waals surface area contributed by atoms with Crippen LogP contribution in [0.5, 0.6) is 0 Å². The maximum atomic E-state index is 12.3. The molecule has 1 atom stereocenters. The lowest BCUT2D eigenvalue weighted by atomic mass is 9.95. The molecule has 0 aliphatic rings. The van der Waals surface area contributed by atoms with Crippen LogP contribution < -0.4 is 5.32 Å². The zero-order valence-corrected chi connectivity index (χ0v) is 16.8. The monoisotopic (exact) mass is 381 g/mol. The number of rotatable bonds is 8. The van der Waals surface area contributed by atoms with Gasteiger partial charge in [0.2, 0.25) is 5.91 Å². The Hall–Kier alpha value is -2.02. The highest BCUT2D eigenvalue weighted by molar-refractivity contribution is 8.00. The van der Waals surface area contributed by atoms with Crippen molar-refractivity contribution in [2.45, 2.75) is 51.2 Å². The first-order valence-corrected chi connectivity index (χ1v) is 9.46. The molecular formula is C19H27NO5S. The molecule has 1 amide bonds. The minimum Gasteiger partial charge on any atom is -0.466 e. The molecular weight excluding hydrogens is 354 g/mol. The molecule has 6 nitrogen and oxygen atoms in total. The van der Waals surface area contributed by atoms with Gasteiger partial charge >= 0.3 is 11.9 Å². The van der Waals surface area contributed by atoms with Crippen LogP contribution >= 0.6 is 11.8 Å². The lowest BCUT2D eigenvalue weighted by molar-refractivity contribution is -0.149. The Kier molecular flexibility index (Phi) is 8.65. The molecule has 0 saturated heterocycles. The molecule has 1 N–H and O–H groups in total. The SMILES string of the molecule is CCOC(=O)CC(Sc1ccccc1NC(=O)C(C)(C)C)C(=O)OCC. The first kappa shape index (κ1) is 22.0. The Bertz CT molecular complexity index is 639. The predicted molar refractivity (Wildman–Crippen MR) is 102 cm³/mol. The van der Waals surface area contributed by atoms with Crippen LogP contribution in [0.2, 0.25) is 0 Å². The number of ether oxygens (including phenoxy) is 2. The number of benzene rings is 1. The lowest BCUT2D eigenvalue weighted by Crippen LogP contribution is -2.28. The van der Waals surface area contributed by atoms with E-state index in [4.69, 9.17) is 9.47 Å². The number of amides is 1. The molecule has 0 fully saturated rings. The van der Waals surface area contributed by atoms with Crippen molar-refractivity contribution in [2.24, 2.45) is 5.41 Å². The van der Waals surface area contributed by atoms with Crippen LogP contribution in [0.25, 0.3) is 0 Å². The summed E-state index contributed by atoms with van der Waals surface area (Å²) in [5.41, 5.74) is 0.0408. The van der Waals surface area contributed by atoms with Crippen molar-refractivity contribution in [2.75, 3.05) is 18.5 Å². The van der Waals surface area contributed by atoms with Gasteiger partial charge in [0.15, 0.2) is 0 Å². The Morgan fingerprint density at radius 2 is 1.69 bits per heavy atom. The number of para-hydroxylation sites is 1. The van der Waals surface area contributed by atoms with Crippen molar-refractivity contribution in [1.29, 1.82) is 0 Å². The number of carbonyl (C=O) groups excluding carboxylic acids is 3. The van der Waals surface area contributed by atoms with E-state index < -0.39 is 22.6 Å². The van der Waals surface area contributed by atoms with Crippen LogP contribution in [0.1, 0.15) is 41.0 Å². The fourth-order valence-electron chi connectivity index (χ4n) is 1.92. The normalized spacial score (nSPS) is 12.2. The second-order valence-corrected chi connectivity index (χ2v) is 7.81. The third-order valence-corrected chi connectivity index (χ3v) is 4.55. The van der Waals surface area contributed by atoms with E-state index in [1.807, 2.05) is 26.8 Å². The number of hydrogen-bond acceptors (Lipinski definition) is 6. The van der Waals surface area contributed by atoms with Crippen molar-refractivity contribution in [3.05, 3.63) is 24.3 Å². The summed E-state index contributed by atoms with van der Waals surface area (Å²) in [7, 11) is 0. The minimum absolute atomic E-state index is 0.0983. The van der Waals surface area contributed by atoms with Crippen molar-refractivity contribution in [3.8, 4) is 0 Å². The maximum Gasteiger partial charge on any atom is 0.320 e. The van der Waals surface area contributed by atoms with Gasteiger partial charge in [0.05, 0.1) is 25.3 Å². The highest BCUT2D eigenvalue weighted by Crippen LogP contribution is 2.33. The van der Waals surface area contributed by atoms with Crippen LogP contribution in [-0.2, 0) is 23.9 Å². The van der Waals surface area contributed by atoms with Gasteiger partial charge in [-0.2, -0.15) is 0 Å². The summed E-state index contributed by atoms with van der Waals surface area (Å²) in [5, 5.41) is 2.13. The lowest BCUT2D eigenvalue weighted by Gasteiger charge is -2.20. The van der Waals surface area contributed by atoms with Gasteiger partial charge in [0, 0.05) is 10.3 Å². The van der Waals surface area contributed by atoms with Crippen LogP contribution in [0.15, 0.2) is 29.2 Å². The number of esters is 2. The van der Waals surface area contributed by atoms with Crippen molar-refractivity contribution >= 4 is 35.3 Å². The van der Waals surface area contributed by atoms with E-state index in [-0.39, 0.29) is 25.5 Å². The van der Waals surface area contributed by atoms with Gasteiger partial charge in [-0.1, -0.05) is 32.9 Å². The maximum absolute atomic E-state index is 12.3. The van der Waals surface area contributed by atoms with Gasteiger partial charge < -0.3 is 14.8 Å². The largest absolute Gasteiger partial charge is 0.466 e. The zero-order valence-electron chi connectivity index (χ0n) is 16.0. The summed E-state index contributed by atoms with van der Waals surface area (Å²) in [6.07, 6.45) is -0.0983. The summed E-state index contributed by atoms with van der Waals surface area (Å²) in [4.78, 5) is 37.0. The van der Waals surface area contributed by atoms with Crippen LogP contribution in [0.3, 0.4) is 0 Å². The Balaban J connectivity index is 3.01. The highest BCUT2D eigenvalue weighted by atomic mass is 32.2. The summed E-state index contributed by atoms with van der Waals surface area (Å²) >= 11 is 1.18. The average molecular weight is 381 g/mol. The number of anilines is 1. The molecule has 7 heteroatoms. The van der Waals surface area contributed by atoms with E-state index in [1.165, 1.54) is 11.8 Å². The molecule has 1 unspecified atom stereocenters. The first-order chi connectivity index (χ1) is 12.2. The van der Waals surface area contributed by atoms with E-state index in [9.17, 15) is 14.4 Å². The smallest absolute Gasteiger partial charge is 0.320 e. The Labute approximate surface area is 159 Å². The summed E-state index contributed by atoms with van der Waals surface area (Å²) in [6.45, 7) is 9.35. The number of nitrogens with one attached hydrogen (secondary N) is 1. The molecule has 1 aromatic carbocycles. The zero-order chi connectivity index (χ0) is 19.7. The standard InChI is InChI=1S/C19H27NO5S/c1-6-24-16(21)12-15(17(22)25-7-2)26-14-11-9-8-10-13(14)20-18(23)19(3,4)5/h8-11,15H,6-7,12H2,1-5H3,(H,20,23). The van der Waals surface area contributed by atoms with Crippen LogP contribution in [0.4, 0.5) is 5.69 Å². The topological polar surface area (TPSA) is 81.7 Å². The number of carbonyl (C=O) groups is 3. The van der Waals surface area contributed by atoms with E-state index in [0.29, 0.717) is 10.6 Å². The molecule has 0 radical (unpaired) electrons. The van der Waals surface area contributed by atoms with Crippen LogP contribution in [-0.4, -0.2) is 36.3 Å². The van der Waals surface area contributed by atoms with Crippen molar-refractivity contribution in [1.82, 2.24) is 0 Å². The van der Waals surface area contributed by atoms with E-state index in [0.717, 1.165) is 0 Å². The van der Waals surface area contributed by atoms with E-state index in [1.54, 1.807) is 32.0 Å². The summed E-state index contributed by atoms with van der Waals surface area (Å²) in [6, 6.07) is 7.16. The fraction of sp³-hybridized carbons (Fsp3) is 0.526. The van der Waals surface area contributed by atoms with Gasteiger partial charge in [-0.3, -0.25) is 14.4 Å². The quantitative estimate of drug-likeness (QED) is 0.547. The summed E-state index contributed by atoms with van der Waals surface area (Å²) in [5.74, 6) is -1.08. The molecule has 144 valence electrons. The molecule has 0 aliphatic carbocycles. The van der Waals surface area contributed by atoms with Gasteiger partial charge in [-0.05, 0) is 26.0 Å². The molecule has 0 spiro atoms. The first-order valence-electron chi connectivity index (χ1n) is 8.58. The molecule has 1 rings (SSSR count).